The van der Waals surface area contributed by atoms with Gasteiger partial charge in [0.25, 0.3) is 0 Å². The number of hydrogen-bond acceptors (Lipinski definition) is 12. The molecule has 19 heteroatoms. The van der Waals surface area contributed by atoms with Gasteiger partial charge in [0.1, 0.15) is 36.2 Å². The molecular weight excluding hydrogens is 731 g/mol. The number of fused-ring (bicyclic) bond motifs is 1. The van der Waals surface area contributed by atoms with Gasteiger partial charge in [0.2, 0.25) is 23.6 Å². The standard InChI is InChI=1S/C36H49BN8O9S/c1-21(46)41-33(34(50)51)55-20-29(45-53)31(48)42-27(17-22-9-11-24(12-10-22)54-16-15-39)30(47)43-28(18-23-19-40-26-8-4-3-7-25(23)26)32(49)44-36(2,35(37)52)13-5-6-14-38/h3-4,7-12,19,27-29,33,40,45,53H,5-6,13-18,20,38-39H2,1-2H3,(H,41,46)(H,42,48)(H,43,47)(H,44,49)(H,50,51)/t27?,28-,29?,33?,36?/m0/s1. The molecule has 0 spiro atoms. The molecule has 4 amide bonds. The van der Waals surface area contributed by atoms with E-state index in [1.165, 1.54) is 6.92 Å². The predicted octanol–water partition coefficient (Wildman–Crippen LogP) is -0.413. The highest BCUT2D eigenvalue weighted by Crippen LogP contribution is 2.21. The normalized spacial score (nSPS) is 14.4. The number of aromatic nitrogens is 1. The molecule has 1 aromatic heterocycles. The van der Waals surface area contributed by atoms with E-state index >= 15 is 0 Å². The number of hydroxylamine groups is 1. The van der Waals surface area contributed by atoms with E-state index in [1.54, 1.807) is 30.5 Å². The highest BCUT2D eigenvalue weighted by molar-refractivity contribution is 8.00. The third-order valence-electron chi connectivity index (χ3n) is 8.65. The van der Waals surface area contributed by atoms with Crippen LogP contribution in [0.4, 0.5) is 0 Å². The number of carbonyl (C=O) groups excluding carboxylic acids is 5. The van der Waals surface area contributed by atoms with Crippen molar-refractivity contribution in [2.75, 3.05) is 25.4 Å². The number of carboxylic acid groups (broad SMARTS) is 1. The Morgan fingerprint density at radius 2 is 1.55 bits per heavy atom. The highest BCUT2D eigenvalue weighted by Gasteiger charge is 2.35. The van der Waals surface area contributed by atoms with Gasteiger partial charge in [-0.15, -0.1) is 11.8 Å². The van der Waals surface area contributed by atoms with Crippen molar-refractivity contribution in [2.24, 2.45) is 11.5 Å². The molecule has 17 nitrogen and oxygen atoms in total. The molecule has 0 bridgehead atoms. The number of hydrogen-bond donors (Lipinski definition) is 10. The monoisotopic (exact) mass is 780 g/mol. The number of nitrogens with two attached hydrogens (primary N) is 2. The zero-order valence-electron chi connectivity index (χ0n) is 30.8. The molecule has 0 fully saturated rings. The highest BCUT2D eigenvalue weighted by atomic mass is 32.2. The van der Waals surface area contributed by atoms with Gasteiger partial charge in [0, 0.05) is 49.2 Å². The number of rotatable bonds is 24. The number of ether oxygens (including phenoxy) is 1. The minimum absolute atomic E-state index is 0.0236. The van der Waals surface area contributed by atoms with Gasteiger partial charge in [-0.25, -0.2) is 4.79 Å². The summed E-state index contributed by atoms with van der Waals surface area (Å²) in [7, 11) is 5.74. The van der Waals surface area contributed by atoms with Crippen molar-refractivity contribution in [3.05, 3.63) is 65.9 Å². The van der Waals surface area contributed by atoms with Crippen molar-refractivity contribution in [1.82, 2.24) is 31.7 Å². The number of para-hydroxylation sites is 1. The van der Waals surface area contributed by atoms with Crippen LogP contribution >= 0.6 is 11.8 Å². The fourth-order valence-electron chi connectivity index (χ4n) is 5.57. The van der Waals surface area contributed by atoms with E-state index in [1.807, 2.05) is 29.7 Å². The molecule has 0 saturated heterocycles. The molecule has 2 radical (unpaired) electrons. The minimum Gasteiger partial charge on any atom is -0.492 e. The quantitative estimate of drug-likeness (QED) is 0.0240. The van der Waals surface area contributed by atoms with E-state index in [-0.39, 0.29) is 31.6 Å². The van der Waals surface area contributed by atoms with E-state index in [2.05, 4.69) is 26.3 Å². The molecular formula is C36H49BN8O9S. The molecule has 0 aliphatic heterocycles. The zero-order valence-corrected chi connectivity index (χ0v) is 31.6. The lowest BCUT2D eigenvalue weighted by Crippen LogP contribution is -2.61. The molecule has 4 unspecified atom stereocenters. The average Bonchev–Trinajstić information content (AvgIpc) is 3.56. The summed E-state index contributed by atoms with van der Waals surface area (Å²) in [6, 6.07) is 9.99. The van der Waals surface area contributed by atoms with Gasteiger partial charge in [-0.1, -0.05) is 30.3 Å². The molecule has 0 saturated carbocycles. The second kappa shape index (κ2) is 21.8. The minimum atomic E-state index is -1.47. The fraction of sp³-hybridized carbons (Fsp3) is 0.444. The molecule has 55 heavy (non-hydrogen) atoms. The number of thioether (sulfide) groups is 1. The molecule has 0 aliphatic carbocycles. The summed E-state index contributed by atoms with van der Waals surface area (Å²) in [5.41, 5.74) is 12.8. The first kappa shape index (κ1) is 44.5. The van der Waals surface area contributed by atoms with Gasteiger partial charge in [0.15, 0.2) is 13.2 Å². The van der Waals surface area contributed by atoms with E-state index in [0.29, 0.717) is 54.6 Å². The summed E-state index contributed by atoms with van der Waals surface area (Å²) in [6.45, 7) is 3.58. The zero-order chi connectivity index (χ0) is 40.5. The molecule has 2 aromatic carbocycles. The summed E-state index contributed by atoms with van der Waals surface area (Å²) < 4.78 is 5.54. The maximum absolute atomic E-state index is 14.2. The van der Waals surface area contributed by atoms with Crippen LogP contribution in [0.2, 0.25) is 0 Å². The summed E-state index contributed by atoms with van der Waals surface area (Å²) in [5, 5.41) is 29.0. The third kappa shape index (κ3) is 13.7. The van der Waals surface area contributed by atoms with E-state index < -0.39 is 64.3 Å². The number of carboxylic acids is 1. The van der Waals surface area contributed by atoms with Gasteiger partial charge >= 0.3 is 5.97 Å². The van der Waals surface area contributed by atoms with Crippen molar-refractivity contribution in [3.63, 3.8) is 0 Å². The maximum atomic E-state index is 14.2. The second-order valence-electron chi connectivity index (χ2n) is 13.0. The van der Waals surface area contributed by atoms with Gasteiger partial charge in [-0.3, -0.25) is 19.2 Å². The molecule has 5 atom stereocenters. The van der Waals surface area contributed by atoms with E-state index in [9.17, 15) is 39.1 Å². The number of nitrogens with one attached hydrogen (secondary N) is 6. The second-order valence-corrected chi connectivity index (χ2v) is 14.2. The number of H-pyrrole nitrogens is 1. The van der Waals surface area contributed by atoms with Crippen molar-refractivity contribution < 1.29 is 43.8 Å². The van der Waals surface area contributed by atoms with Crippen LogP contribution < -0.4 is 43.0 Å². The molecule has 3 aromatic rings. The number of benzene rings is 2. The third-order valence-corrected chi connectivity index (χ3v) is 9.83. The predicted molar refractivity (Wildman–Crippen MR) is 207 cm³/mol. The van der Waals surface area contributed by atoms with Crippen LogP contribution in [0.5, 0.6) is 5.75 Å². The average molecular weight is 781 g/mol. The smallest absolute Gasteiger partial charge is 0.336 e. The number of aromatic amines is 1. The summed E-state index contributed by atoms with van der Waals surface area (Å²) >= 11 is 0.660. The van der Waals surface area contributed by atoms with Crippen LogP contribution in [-0.4, -0.2) is 113 Å². The number of carbonyl (C=O) groups is 6. The van der Waals surface area contributed by atoms with E-state index in [4.69, 9.17) is 24.1 Å². The Hall–Kier alpha value is -4.95. The van der Waals surface area contributed by atoms with Gasteiger partial charge < -0.3 is 57.6 Å². The maximum Gasteiger partial charge on any atom is 0.336 e. The van der Waals surface area contributed by atoms with Gasteiger partial charge in [0.05, 0.1) is 5.54 Å². The van der Waals surface area contributed by atoms with Crippen LogP contribution in [0, 0.1) is 0 Å². The van der Waals surface area contributed by atoms with Gasteiger partial charge in [-0.2, -0.15) is 5.48 Å². The fourth-order valence-corrected chi connectivity index (χ4v) is 6.57. The van der Waals surface area contributed by atoms with Crippen molar-refractivity contribution in [3.8, 4) is 5.75 Å². The van der Waals surface area contributed by atoms with Crippen molar-refractivity contribution in [2.45, 2.75) is 75.0 Å². The Kier molecular flexibility index (Phi) is 17.6. The Morgan fingerprint density at radius 1 is 0.891 bits per heavy atom. The van der Waals surface area contributed by atoms with Crippen LogP contribution in [0.3, 0.4) is 0 Å². The van der Waals surface area contributed by atoms with Crippen LogP contribution in [0.25, 0.3) is 10.9 Å². The Morgan fingerprint density at radius 3 is 2.15 bits per heavy atom. The molecule has 296 valence electrons. The molecule has 0 aliphatic rings. The lowest BCUT2D eigenvalue weighted by molar-refractivity contribution is -0.138. The lowest BCUT2D eigenvalue weighted by Gasteiger charge is -2.32. The van der Waals surface area contributed by atoms with Crippen LogP contribution in [0.1, 0.15) is 44.2 Å². The van der Waals surface area contributed by atoms with Crippen molar-refractivity contribution in [1.29, 1.82) is 0 Å². The Bertz CT molecular complexity index is 1780. The molecule has 12 N–H and O–H groups in total. The first-order chi connectivity index (χ1) is 26.2. The van der Waals surface area contributed by atoms with Crippen LogP contribution in [-0.2, 0) is 41.6 Å². The first-order valence-corrected chi connectivity index (χ1v) is 18.7. The first-order valence-electron chi connectivity index (χ1n) is 17.6. The lowest BCUT2D eigenvalue weighted by atomic mass is 9.79. The summed E-state index contributed by atoms with van der Waals surface area (Å²) in [4.78, 5) is 80.7. The van der Waals surface area contributed by atoms with E-state index in [0.717, 1.165) is 17.8 Å². The van der Waals surface area contributed by atoms with Gasteiger partial charge in [-0.05, 0) is 62.1 Å². The Balaban J connectivity index is 1.95. The largest absolute Gasteiger partial charge is 0.492 e. The Labute approximate surface area is 324 Å². The molecule has 3 rings (SSSR count). The summed E-state index contributed by atoms with van der Waals surface area (Å²) in [6.07, 6.45) is 2.87. The SMILES string of the molecule is [B]C(=O)C(C)(CCCCN)NC(=O)[C@H](Cc1c[nH]c2ccccc12)NC(=O)C(Cc1ccc(OCCN)cc1)NC(=O)C(CSC(NC(C)=O)C(=O)O)NO. The number of amides is 4. The topological polar surface area (TPSA) is 280 Å². The molecule has 1 heterocycles. The van der Waals surface area contributed by atoms with Crippen molar-refractivity contribution >= 4 is 65.8 Å². The number of unbranched alkanes of at least 4 members (excludes halogenated alkanes) is 1. The summed E-state index contributed by atoms with van der Waals surface area (Å²) in [5.74, 6) is -4.18. The van der Waals surface area contributed by atoms with Crippen LogP contribution in [0.15, 0.2) is 54.7 Å². The number of aliphatic carboxylic acids is 1.